The molecular weight excluding hydrogens is 470 g/mol. The number of nitrogens with zero attached hydrogens (tertiary/aromatic N) is 2. The number of hydrogen-bond donors (Lipinski definition) is 1. The predicted molar refractivity (Wildman–Crippen MR) is 147 cm³/mol. The van der Waals surface area contributed by atoms with E-state index < -0.39 is 0 Å². The van der Waals surface area contributed by atoms with Crippen LogP contribution in [0.15, 0.2) is 60.7 Å². The molecule has 36 heavy (non-hydrogen) atoms. The fraction of sp³-hybridized carbons (Fsp3) is 0.333. The Balaban J connectivity index is 1.29. The van der Waals surface area contributed by atoms with Crippen molar-refractivity contribution >= 4 is 28.5 Å². The molecule has 1 aromatic heterocycles. The molecule has 6 heteroatoms. The second-order valence-electron chi connectivity index (χ2n) is 9.32. The van der Waals surface area contributed by atoms with Gasteiger partial charge in [-0.3, -0.25) is 4.79 Å². The minimum Gasteiger partial charge on any atom is -0.492 e. The van der Waals surface area contributed by atoms with Crippen molar-refractivity contribution in [2.24, 2.45) is 0 Å². The Kier molecular flexibility index (Phi) is 8.65. The summed E-state index contributed by atoms with van der Waals surface area (Å²) in [4.78, 5) is 17.2. The molecule has 0 atom stereocenters. The fourth-order valence-corrected chi connectivity index (χ4v) is 4.51. The van der Waals surface area contributed by atoms with Gasteiger partial charge in [0.2, 0.25) is 0 Å². The van der Waals surface area contributed by atoms with Gasteiger partial charge in [0.1, 0.15) is 18.2 Å². The third-order valence-corrected chi connectivity index (χ3v) is 7.00. The molecule has 0 aliphatic heterocycles. The van der Waals surface area contributed by atoms with E-state index in [-0.39, 0.29) is 5.91 Å². The quantitative estimate of drug-likeness (QED) is 0.228. The summed E-state index contributed by atoms with van der Waals surface area (Å²) in [7, 11) is 0. The van der Waals surface area contributed by atoms with Gasteiger partial charge >= 0.3 is 0 Å². The number of ether oxygens (including phenoxy) is 1. The second kappa shape index (κ2) is 12.1. The number of unbranched alkanes of at least 4 members (excludes halogenated alkanes) is 2. The number of rotatable bonds is 11. The van der Waals surface area contributed by atoms with Crippen molar-refractivity contribution in [1.29, 1.82) is 0 Å². The van der Waals surface area contributed by atoms with Gasteiger partial charge in [-0.05, 0) is 81.1 Å². The van der Waals surface area contributed by atoms with E-state index in [9.17, 15) is 4.79 Å². The number of para-hydroxylation sites is 2. The van der Waals surface area contributed by atoms with Crippen LogP contribution in [0.1, 0.15) is 52.1 Å². The van der Waals surface area contributed by atoms with Gasteiger partial charge in [0.05, 0.1) is 17.6 Å². The highest BCUT2D eigenvalue weighted by Gasteiger charge is 2.11. The molecule has 0 bridgehead atoms. The summed E-state index contributed by atoms with van der Waals surface area (Å²) in [5.41, 5.74) is 6.05. The summed E-state index contributed by atoms with van der Waals surface area (Å²) in [6.07, 6.45) is 3.87. The maximum Gasteiger partial charge on any atom is 0.251 e. The maximum absolute atomic E-state index is 12.3. The number of amides is 1. The van der Waals surface area contributed by atoms with Crippen molar-refractivity contribution in [3.63, 3.8) is 0 Å². The molecule has 188 valence electrons. The third-order valence-electron chi connectivity index (χ3n) is 6.40. The average Bonchev–Trinajstić information content (AvgIpc) is 3.22. The SMILES string of the molecule is Cc1ccc(C(=O)NCCCCCc2nc3ccccc3n2CCOc2cc(C)c(Cl)c(C)c2)cc1. The van der Waals surface area contributed by atoms with E-state index in [1.54, 1.807) is 0 Å². The van der Waals surface area contributed by atoms with Crippen molar-refractivity contribution in [2.45, 2.75) is 53.0 Å². The first-order valence-electron chi connectivity index (χ1n) is 12.6. The average molecular weight is 504 g/mol. The van der Waals surface area contributed by atoms with Crippen LogP contribution in [-0.4, -0.2) is 28.6 Å². The lowest BCUT2D eigenvalue weighted by molar-refractivity contribution is 0.0953. The van der Waals surface area contributed by atoms with Crippen LogP contribution in [0.25, 0.3) is 11.0 Å². The zero-order chi connectivity index (χ0) is 25.5. The minimum absolute atomic E-state index is 0.0112. The van der Waals surface area contributed by atoms with Crippen LogP contribution in [0.2, 0.25) is 5.02 Å². The summed E-state index contributed by atoms with van der Waals surface area (Å²) < 4.78 is 8.34. The minimum atomic E-state index is -0.0112. The molecule has 1 N–H and O–H groups in total. The van der Waals surface area contributed by atoms with Crippen LogP contribution in [0.5, 0.6) is 5.75 Å². The first-order chi connectivity index (χ1) is 17.4. The predicted octanol–water partition coefficient (Wildman–Crippen LogP) is 6.84. The summed E-state index contributed by atoms with van der Waals surface area (Å²) in [6.45, 7) is 7.97. The number of carbonyl (C=O) groups is 1. The second-order valence-corrected chi connectivity index (χ2v) is 9.70. The Labute approximate surface area is 218 Å². The maximum atomic E-state index is 12.3. The Morgan fingerprint density at radius 1 is 0.972 bits per heavy atom. The molecule has 0 unspecified atom stereocenters. The molecule has 0 saturated carbocycles. The molecule has 0 fully saturated rings. The Hall–Kier alpha value is -3.31. The van der Waals surface area contributed by atoms with Crippen molar-refractivity contribution in [2.75, 3.05) is 13.2 Å². The monoisotopic (exact) mass is 503 g/mol. The van der Waals surface area contributed by atoms with E-state index in [1.165, 1.54) is 0 Å². The van der Waals surface area contributed by atoms with Crippen LogP contribution < -0.4 is 10.1 Å². The van der Waals surface area contributed by atoms with Gasteiger partial charge in [-0.15, -0.1) is 0 Å². The fourth-order valence-electron chi connectivity index (χ4n) is 4.40. The molecule has 0 saturated heterocycles. The van der Waals surface area contributed by atoms with Gasteiger partial charge in [0.15, 0.2) is 0 Å². The van der Waals surface area contributed by atoms with E-state index >= 15 is 0 Å². The number of nitrogens with one attached hydrogen (secondary N) is 1. The lowest BCUT2D eigenvalue weighted by Crippen LogP contribution is -2.24. The Bertz CT molecular complexity index is 1310. The van der Waals surface area contributed by atoms with Crippen molar-refractivity contribution in [1.82, 2.24) is 14.9 Å². The van der Waals surface area contributed by atoms with Gasteiger partial charge in [-0.1, -0.05) is 47.9 Å². The van der Waals surface area contributed by atoms with Crippen molar-refractivity contribution < 1.29 is 9.53 Å². The molecule has 1 amide bonds. The standard InChI is InChI=1S/C30H34ClN3O2/c1-21-12-14-24(15-13-21)30(35)32-16-8-4-5-11-28-33-26-9-6-7-10-27(26)34(28)17-18-36-25-19-22(2)29(31)23(3)20-25/h6-7,9-10,12-15,19-20H,4-5,8,11,16-18H2,1-3H3,(H,32,35). The molecule has 0 spiro atoms. The topological polar surface area (TPSA) is 56.2 Å². The largest absolute Gasteiger partial charge is 0.492 e. The highest BCUT2D eigenvalue weighted by molar-refractivity contribution is 6.32. The van der Waals surface area contributed by atoms with E-state index in [2.05, 4.69) is 22.0 Å². The zero-order valence-corrected chi connectivity index (χ0v) is 22.1. The number of imidazole rings is 1. The third kappa shape index (κ3) is 6.46. The molecule has 0 radical (unpaired) electrons. The lowest BCUT2D eigenvalue weighted by Gasteiger charge is -2.13. The Morgan fingerprint density at radius 2 is 1.69 bits per heavy atom. The van der Waals surface area contributed by atoms with Crippen LogP contribution in [-0.2, 0) is 13.0 Å². The molecule has 5 nitrogen and oxygen atoms in total. The summed E-state index contributed by atoms with van der Waals surface area (Å²) in [6, 6.07) is 19.9. The molecule has 3 aromatic carbocycles. The van der Waals surface area contributed by atoms with Gasteiger partial charge in [0, 0.05) is 23.6 Å². The number of carbonyl (C=O) groups excluding carboxylic acids is 1. The summed E-state index contributed by atoms with van der Waals surface area (Å²) >= 11 is 6.29. The highest BCUT2D eigenvalue weighted by Crippen LogP contribution is 2.26. The van der Waals surface area contributed by atoms with Crippen LogP contribution >= 0.6 is 11.6 Å². The van der Waals surface area contributed by atoms with Gasteiger partial charge in [-0.2, -0.15) is 0 Å². The van der Waals surface area contributed by atoms with Crippen molar-refractivity contribution in [3.05, 3.63) is 93.8 Å². The van der Waals surface area contributed by atoms with Crippen LogP contribution in [0.4, 0.5) is 0 Å². The van der Waals surface area contributed by atoms with Crippen molar-refractivity contribution in [3.8, 4) is 5.75 Å². The van der Waals surface area contributed by atoms with E-state index in [0.29, 0.717) is 18.7 Å². The smallest absolute Gasteiger partial charge is 0.251 e. The van der Waals surface area contributed by atoms with Gasteiger partial charge < -0.3 is 14.6 Å². The first-order valence-corrected chi connectivity index (χ1v) is 13.0. The van der Waals surface area contributed by atoms with E-state index in [1.807, 2.05) is 69.3 Å². The number of hydrogen-bond acceptors (Lipinski definition) is 3. The first kappa shape index (κ1) is 25.8. The molecule has 0 aliphatic rings. The molecule has 0 aliphatic carbocycles. The molecular formula is C30H34ClN3O2. The lowest BCUT2D eigenvalue weighted by atomic mass is 10.1. The Morgan fingerprint density at radius 3 is 2.44 bits per heavy atom. The molecule has 4 aromatic rings. The number of fused-ring (bicyclic) bond motifs is 1. The van der Waals surface area contributed by atoms with Gasteiger partial charge in [-0.25, -0.2) is 4.98 Å². The van der Waals surface area contributed by atoms with Crippen LogP contribution in [0, 0.1) is 20.8 Å². The van der Waals surface area contributed by atoms with E-state index in [4.69, 9.17) is 21.3 Å². The summed E-state index contributed by atoms with van der Waals surface area (Å²) in [5, 5.41) is 3.81. The number of aryl methyl sites for hydroxylation is 4. The number of halogens is 1. The number of aromatic nitrogens is 2. The normalized spacial score (nSPS) is 11.1. The van der Waals surface area contributed by atoms with Gasteiger partial charge in [0.25, 0.3) is 5.91 Å². The highest BCUT2D eigenvalue weighted by atomic mass is 35.5. The zero-order valence-electron chi connectivity index (χ0n) is 21.3. The molecule has 4 rings (SSSR count). The number of benzene rings is 3. The van der Waals surface area contributed by atoms with Crippen LogP contribution in [0.3, 0.4) is 0 Å². The molecule has 1 heterocycles. The summed E-state index contributed by atoms with van der Waals surface area (Å²) in [5.74, 6) is 1.91. The van der Waals surface area contributed by atoms with E-state index in [0.717, 1.165) is 76.5 Å².